The van der Waals surface area contributed by atoms with Crippen LogP contribution in [0.25, 0.3) is 0 Å². The van der Waals surface area contributed by atoms with Gasteiger partial charge >= 0.3 is 0 Å². The average molecular weight is 464 g/mol. The summed E-state index contributed by atoms with van der Waals surface area (Å²) in [5.41, 5.74) is 4.32. The van der Waals surface area contributed by atoms with Crippen LogP contribution in [0.4, 0.5) is 0 Å². The zero-order chi connectivity index (χ0) is 23.6. The summed E-state index contributed by atoms with van der Waals surface area (Å²) in [6.45, 7) is 8.82. The Morgan fingerprint density at radius 3 is 2.65 bits per heavy atom. The van der Waals surface area contributed by atoms with Crippen molar-refractivity contribution in [3.63, 3.8) is 0 Å². The summed E-state index contributed by atoms with van der Waals surface area (Å²) in [5.74, 6) is 5.47. The van der Waals surface area contributed by atoms with E-state index >= 15 is 0 Å². The quantitative estimate of drug-likeness (QED) is 0.597. The SMILES string of the molecule is CC(=O)N1CCC[C@@H]2[C@@H](Cc3ccc4c(n3)C[C@H]3C[C@H](C)C[C@@H]5[C@H]3C[C@H]4CN5C)C[C@@H](C)C[C@@H]21. The largest absolute Gasteiger partial charge is 0.340 e. The van der Waals surface area contributed by atoms with Crippen LogP contribution in [0.1, 0.15) is 88.6 Å². The molecule has 1 aromatic rings. The maximum absolute atomic E-state index is 12.4. The van der Waals surface area contributed by atoms with E-state index in [1.807, 2.05) is 0 Å². The molecule has 6 rings (SSSR count). The first-order valence-corrected chi connectivity index (χ1v) is 14.3. The van der Waals surface area contributed by atoms with Gasteiger partial charge in [0.05, 0.1) is 0 Å². The molecule has 2 saturated carbocycles. The highest BCUT2D eigenvalue weighted by Gasteiger charge is 2.46. The minimum absolute atomic E-state index is 0.279. The van der Waals surface area contributed by atoms with Gasteiger partial charge in [-0.1, -0.05) is 19.9 Å². The zero-order valence-electron chi connectivity index (χ0n) is 21.9. The first-order chi connectivity index (χ1) is 16.4. The van der Waals surface area contributed by atoms with Crippen molar-refractivity contribution in [2.24, 2.45) is 35.5 Å². The van der Waals surface area contributed by atoms with E-state index < -0.39 is 0 Å². The number of fused-ring (bicyclic) bond motifs is 4. The number of amides is 1. The molecule has 0 unspecified atom stereocenters. The number of likely N-dealkylation sites (N-methyl/N-ethyl adjacent to an activating group) is 1. The number of piperidine rings is 2. The van der Waals surface area contributed by atoms with Gasteiger partial charge in [0.25, 0.3) is 0 Å². The molecular formula is C30H45N3O. The van der Waals surface area contributed by atoms with Gasteiger partial charge in [-0.2, -0.15) is 0 Å². The Balaban J connectivity index is 1.26. The van der Waals surface area contributed by atoms with Crippen molar-refractivity contribution in [3.8, 4) is 0 Å². The van der Waals surface area contributed by atoms with Crippen molar-refractivity contribution in [1.29, 1.82) is 0 Å². The lowest BCUT2D eigenvalue weighted by atomic mass is 9.66. The van der Waals surface area contributed by atoms with Crippen molar-refractivity contribution in [3.05, 3.63) is 29.1 Å². The second kappa shape index (κ2) is 8.91. The third-order valence-corrected chi connectivity index (χ3v) is 10.7. The molecule has 3 aliphatic carbocycles. The van der Waals surface area contributed by atoms with Gasteiger partial charge in [0.2, 0.25) is 5.91 Å². The predicted molar refractivity (Wildman–Crippen MR) is 137 cm³/mol. The summed E-state index contributed by atoms with van der Waals surface area (Å²) in [7, 11) is 2.38. The van der Waals surface area contributed by atoms with Crippen LogP contribution >= 0.6 is 0 Å². The van der Waals surface area contributed by atoms with Crippen LogP contribution in [0.15, 0.2) is 12.1 Å². The van der Waals surface area contributed by atoms with Gasteiger partial charge in [-0.15, -0.1) is 0 Å². The van der Waals surface area contributed by atoms with Crippen LogP contribution in [0.2, 0.25) is 0 Å². The minimum atomic E-state index is 0.279. The molecule has 4 fully saturated rings. The lowest BCUT2D eigenvalue weighted by Gasteiger charge is -2.49. The van der Waals surface area contributed by atoms with E-state index in [0.29, 0.717) is 29.7 Å². The molecule has 2 bridgehead atoms. The van der Waals surface area contributed by atoms with Crippen molar-refractivity contribution < 1.29 is 4.79 Å². The molecule has 1 aromatic heterocycles. The number of likely N-dealkylation sites (tertiary alicyclic amines) is 2. The highest BCUT2D eigenvalue weighted by atomic mass is 16.2. The van der Waals surface area contributed by atoms with E-state index in [2.05, 4.69) is 42.8 Å². The maximum Gasteiger partial charge on any atom is 0.219 e. The summed E-state index contributed by atoms with van der Waals surface area (Å²) < 4.78 is 0. The Morgan fingerprint density at radius 1 is 1.03 bits per heavy atom. The first-order valence-electron chi connectivity index (χ1n) is 14.3. The fourth-order valence-electron chi connectivity index (χ4n) is 9.38. The number of nitrogens with zero attached hydrogens (tertiary/aromatic N) is 3. The van der Waals surface area contributed by atoms with Crippen molar-refractivity contribution >= 4 is 5.91 Å². The van der Waals surface area contributed by atoms with Gasteiger partial charge in [-0.05, 0) is 118 Å². The number of hydrogen-bond acceptors (Lipinski definition) is 3. The van der Waals surface area contributed by atoms with Crippen molar-refractivity contribution in [2.75, 3.05) is 20.1 Å². The van der Waals surface area contributed by atoms with Gasteiger partial charge < -0.3 is 9.80 Å². The highest BCUT2D eigenvalue weighted by molar-refractivity contribution is 5.73. The molecular weight excluding hydrogens is 418 g/mol. The Kier molecular flexibility index (Phi) is 6.03. The first kappa shape index (κ1) is 23.0. The Labute approximate surface area is 206 Å². The van der Waals surface area contributed by atoms with Crippen molar-refractivity contribution in [2.45, 2.75) is 96.6 Å². The van der Waals surface area contributed by atoms with Crippen LogP contribution in [0, 0.1) is 35.5 Å². The smallest absolute Gasteiger partial charge is 0.219 e. The third kappa shape index (κ3) is 4.02. The van der Waals surface area contributed by atoms with Crippen LogP contribution in [0.5, 0.6) is 0 Å². The Hall–Kier alpha value is -1.42. The Bertz CT molecular complexity index is 930. The van der Waals surface area contributed by atoms with E-state index in [0.717, 1.165) is 36.8 Å². The maximum atomic E-state index is 12.4. The number of carbonyl (C=O) groups excluding carboxylic acids is 1. The lowest BCUT2D eigenvalue weighted by molar-refractivity contribution is -0.137. The summed E-state index contributed by atoms with van der Waals surface area (Å²) in [6, 6.07) is 6.10. The normalized spacial score (nSPS) is 41.9. The van der Waals surface area contributed by atoms with Gasteiger partial charge in [0, 0.05) is 43.5 Å². The van der Waals surface area contributed by atoms with Gasteiger partial charge in [-0.3, -0.25) is 9.78 Å². The molecule has 9 atom stereocenters. The molecule has 2 aliphatic heterocycles. The second-order valence-electron chi connectivity index (χ2n) is 13.1. The molecule has 3 heterocycles. The minimum Gasteiger partial charge on any atom is -0.340 e. The van der Waals surface area contributed by atoms with E-state index in [1.54, 1.807) is 12.5 Å². The zero-order valence-corrected chi connectivity index (χ0v) is 21.9. The molecule has 186 valence electrons. The van der Waals surface area contributed by atoms with E-state index in [9.17, 15) is 4.79 Å². The molecule has 0 N–H and O–H groups in total. The Morgan fingerprint density at radius 2 is 1.82 bits per heavy atom. The topological polar surface area (TPSA) is 36.4 Å². The second-order valence-corrected chi connectivity index (χ2v) is 13.1. The van der Waals surface area contributed by atoms with Crippen molar-refractivity contribution in [1.82, 2.24) is 14.8 Å². The summed E-state index contributed by atoms with van der Waals surface area (Å²) in [5, 5.41) is 0. The fourth-order valence-corrected chi connectivity index (χ4v) is 9.38. The van der Waals surface area contributed by atoms with E-state index in [-0.39, 0.29) is 5.91 Å². The third-order valence-electron chi connectivity index (χ3n) is 10.7. The summed E-state index contributed by atoms with van der Waals surface area (Å²) in [6.07, 6.45) is 11.4. The van der Waals surface area contributed by atoms with Crippen LogP contribution in [-0.4, -0.2) is 52.9 Å². The van der Waals surface area contributed by atoms with Gasteiger partial charge in [-0.25, -0.2) is 0 Å². The number of rotatable bonds is 2. The lowest BCUT2D eigenvalue weighted by Crippen LogP contribution is -2.53. The number of pyridine rings is 1. The molecule has 1 amide bonds. The summed E-state index contributed by atoms with van der Waals surface area (Å²) in [4.78, 5) is 22.7. The van der Waals surface area contributed by atoms with Crippen LogP contribution in [-0.2, 0) is 17.6 Å². The van der Waals surface area contributed by atoms with E-state index in [4.69, 9.17) is 4.98 Å². The van der Waals surface area contributed by atoms with Gasteiger partial charge in [0.1, 0.15) is 0 Å². The number of hydrogen-bond donors (Lipinski definition) is 0. The highest BCUT2D eigenvalue weighted by Crippen LogP contribution is 2.49. The molecule has 0 spiro atoms. The molecule has 4 heteroatoms. The molecule has 0 aromatic carbocycles. The average Bonchev–Trinajstić information content (AvgIpc) is 2.92. The van der Waals surface area contributed by atoms with Gasteiger partial charge in [0.15, 0.2) is 0 Å². The number of carbonyl (C=O) groups is 1. The van der Waals surface area contributed by atoms with Crippen LogP contribution < -0.4 is 0 Å². The van der Waals surface area contributed by atoms with E-state index in [1.165, 1.54) is 69.3 Å². The molecule has 0 radical (unpaired) electrons. The molecule has 4 nitrogen and oxygen atoms in total. The molecule has 2 saturated heterocycles. The van der Waals surface area contributed by atoms with Crippen LogP contribution in [0.3, 0.4) is 0 Å². The number of aromatic nitrogens is 1. The molecule has 34 heavy (non-hydrogen) atoms. The summed E-state index contributed by atoms with van der Waals surface area (Å²) >= 11 is 0. The predicted octanol–water partition coefficient (Wildman–Crippen LogP) is 5.30. The molecule has 5 aliphatic rings. The monoisotopic (exact) mass is 463 g/mol. The standard InChI is InChI=1S/C30H45N3O/c1-18-11-22-16-28-25(23-15-27(22)29(12-18)32(4)17-23)8-7-24(31-28)14-21-10-19(2)13-30-26(21)6-5-9-33(30)20(3)34/h7-8,18-19,21-23,26-27,29-30H,5-6,9-17H2,1-4H3/t18-,19+,21+,22+,23-,26+,27-,29+,30-/m0/s1. The fraction of sp³-hybridized carbons (Fsp3) is 0.800.